The number of alkyl halides is 3. The Balaban J connectivity index is 1.98. The van der Waals surface area contributed by atoms with Crippen molar-refractivity contribution in [2.45, 2.75) is 43.5 Å². The molecule has 2 rings (SSSR count). The van der Waals surface area contributed by atoms with Gasteiger partial charge in [0.1, 0.15) is 0 Å². The molecule has 1 aliphatic heterocycles. The van der Waals surface area contributed by atoms with Crippen molar-refractivity contribution in [2.24, 2.45) is 5.14 Å². The van der Waals surface area contributed by atoms with Crippen molar-refractivity contribution in [1.29, 1.82) is 0 Å². The summed E-state index contributed by atoms with van der Waals surface area (Å²) in [5, 5.41) is 7.66. The highest BCUT2D eigenvalue weighted by Crippen LogP contribution is 2.36. The summed E-state index contributed by atoms with van der Waals surface area (Å²) in [6.07, 6.45) is -3.77. The summed E-state index contributed by atoms with van der Waals surface area (Å²) >= 11 is 0. The maximum atomic E-state index is 13.2. The Hall–Kier alpha value is -1.36. The van der Waals surface area contributed by atoms with E-state index < -0.39 is 26.7 Å². The molecule has 0 saturated carbocycles. The zero-order valence-electron chi connectivity index (χ0n) is 14.7. The van der Waals surface area contributed by atoms with Crippen molar-refractivity contribution in [2.75, 3.05) is 31.5 Å². The number of ether oxygens (including phenoxy) is 1. The van der Waals surface area contributed by atoms with Crippen molar-refractivity contribution in [3.05, 3.63) is 23.8 Å². The SMILES string of the molecule is CC1CN(CCCNc2ccc(S(N)(=O)=O)cc2C(F)(F)F)CC(C)O1. The number of benzene rings is 1. The van der Waals surface area contributed by atoms with E-state index in [-0.39, 0.29) is 17.9 Å². The predicted molar refractivity (Wildman–Crippen MR) is 92.4 cm³/mol. The first-order valence-electron chi connectivity index (χ1n) is 8.32. The lowest BCUT2D eigenvalue weighted by molar-refractivity contribution is -0.137. The Kier molecular flexibility index (Phi) is 6.54. The average molecular weight is 395 g/mol. The molecule has 2 unspecified atom stereocenters. The maximum Gasteiger partial charge on any atom is 0.418 e. The number of morpholine rings is 1. The predicted octanol–water partition coefficient (Wildman–Crippen LogP) is 2.26. The number of nitrogens with two attached hydrogens (primary N) is 1. The van der Waals surface area contributed by atoms with Crippen LogP contribution < -0.4 is 10.5 Å². The van der Waals surface area contributed by atoms with Crippen LogP contribution in [0.5, 0.6) is 0 Å². The molecule has 1 aromatic carbocycles. The topological polar surface area (TPSA) is 84.7 Å². The molecule has 0 spiro atoms. The number of hydrogen-bond acceptors (Lipinski definition) is 5. The molecular weight excluding hydrogens is 371 g/mol. The van der Waals surface area contributed by atoms with E-state index in [1.807, 2.05) is 13.8 Å². The van der Waals surface area contributed by atoms with Crippen molar-refractivity contribution < 1.29 is 26.3 Å². The molecule has 1 heterocycles. The number of primary sulfonamides is 1. The Morgan fingerprint density at radius 1 is 1.27 bits per heavy atom. The van der Waals surface area contributed by atoms with Crippen molar-refractivity contribution in [3.8, 4) is 0 Å². The molecule has 0 aliphatic carbocycles. The van der Waals surface area contributed by atoms with Gasteiger partial charge in [-0.25, -0.2) is 13.6 Å². The van der Waals surface area contributed by atoms with E-state index in [0.717, 1.165) is 31.8 Å². The quantitative estimate of drug-likeness (QED) is 0.722. The summed E-state index contributed by atoms with van der Waals surface area (Å²) in [6.45, 7) is 6.63. The summed E-state index contributed by atoms with van der Waals surface area (Å²) in [4.78, 5) is 1.65. The molecule has 0 bridgehead atoms. The third kappa shape index (κ3) is 5.83. The number of nitrogens with zero attached hydrogens (tertiary/aromatic N) is 1. The first-order valence-corrected chi connectivity index (χ1v) is 9.87. The van der Waals surface area contributed by atoms with Crippen LogP contribution in [0.2, 0.25) is 0 Å². The van der Waals surface area contributed by atoms with Gasteiger partial charge in [-0.05, 0) is 38.5 Å². The summed E-state index contributed by atoms with van der Waals surface area (Å²) < 4.78 is 67.8. The molecule has 6 nitrogen and oxygen atoms in total. The molecule has 0 radical (unpaired) electrons. The molecule has 3 N–H and O–H groups in total. The number of sulfonamides is 1. The van der Waals surface area contributed by atoms with Crippen LogP contribution in [0.1, 0.15) is 25.8 Å². The first-order chi connectivity index (χ1) is 12.0. The minimum atomic E-state index is -4.68. The second-order valence-electron chi connectivity index (χ2n) is 6.55. The number of halogens is 3. The van der Waals surface area contributed by atoms with Crippen LogP contribution in [0.15, 0.2) is 23.1 Å². The smallest absolute Gasteiger partial charge is 0.385 e. The number of rotatable bonds is 6. The van der Waals surface area contributed by atoms with Gasteiger partial charge >= 0.3 is 6.18 Å². The van der Waals surface area contributed by atoms with Gasteiger partial charge in [-0.3, -0.25) is 4.90 Å². The van der Waals surface area contributed by atoms with Gasteiger partial charge in [-0.2, -0.15) is 13.2 Å². The molecule has 26 heavy (non-hydrogen) atoms. The van der Waals surface area contributed by atoms with E-state index in [1.165, 1.54) is 0 Å². The largest absolute Gasteiger partial charge is 0.418 e. The first kappa shape index (κ1) is 20.9. The zero-order chi connectivity index (χ0) is 19.5. The van der Waals surface area contributed by atoms with Crippen LogP contribution in [-0.2, 0) is 20.9 Å². The van der Waals surface area contributed by atoms with Gasteiger partial charge in [0.2, 0.25) is 10.0 Å². The summed E-state index contributed by atoms with van der Waals surface area (Å²) in [5.41, 5.74) is -1.20. The fraction of sp³-hybridized carbons (Fsp3) is 0.625. The van der Waals surface area contributed by atoms with Gasteiger partial charge in [0, 0.05) is 31.9 Å². The summed E-state index contributed by atoms with van der Waals surface area (Å²) in [6, 6.07) is 2.72. The standard InChI is InChI=1S/C16H24F3N3O3S/c1-11-9-22(10-12(2)25-11)7-3-6-21-15-5-4-13(26(20,23)24)8-14(15)16(17,18)19/h4-5,8,11-12,21H,3,6-7,9-10H2,1-2H3,(H2,20,23,24). The van der Waals surface area contributed by atoms with Gasteiger partial charge in [-0.15, -0.1) is 0 Å². The van der Waals surface area contributed by atoms with Crippen LogP contribution >= 0.6 is 0 Å². The molecule has 1 aromatic rings. The number of nitrogens with one attached hydrogen (secondary N) is 1. The van der Waals surface area contributed by atoms with Crippen molar-refractivity contribution in [1.82, 2.24) is 4.90 Å². The molecular formula is C16H24F3N3O3S. The van der Waals surface area contributed by atoms with Gasteiger partial charge in [0.25, 0.3) is 0 Å². The fourth-order valence-electron chi connectivity index (χ4n) is 3.08. The lowest BCUT2D eigenvalue weighted by atomic mass is 10.1. The second kappa shape index (κ2) is 8.12. The van der Waals surface area contributed by atoms with Crippen LogP contribution in [0.4, 0.5) is 18.9 Å². The third-order valence-corrected chi connectivity index (χ3v) is 5.00. The number of anilines is 1. The highest BCUT2D eigenvalue weighted by molar-refractivity contribution is 7.89. The van der Waals surface area contributed by atoms with Crippen LogP contribution in [-0.4, -0.2) is 51.7 Å². The van der Waals surface area contributed by atoms with E-state index in [2.05, 4.69) is 10.2 Å². The molecule has 1 saturated heterocycles. The Bertz CT molecular complexity index is 715. The van der Waals surface area contributed by atoms with Crippen LogP contribution in [0.3, 0.4) is 0 Å². The van der Waals surface area contributed by atoms with Crippen LogP contribution in [0, 0.1) is 0 Å². The van der Waals surface area contributed by atoms with Crippen molar-refractivity contribution >= 4 is 15.7 Å². The van der Waals surface area contributed by atoms with Crippen LogP contribution in [0.25, 0.3) is 0 Å². The monoisotopic (exact) mass is 395 g/mol. The Morgan fingerprint density at radius 3 is 2.42 bits per heavy atom. The van der Waals surface area contributed by atoms with E-state index in [0.29, 0.717) is 19.0 Å². The Labute approximate surface area is 151 Å². The molecule has 0 aromatic heterocycles. The molecule has 1 fully saturated rings. The van der Waals surface area contributed by atoms with Gasteiger partial charge < -0.3 is 10.1 Å². The maximum absolute atomic E-state index is 13.2. The molecule has 0 amide bonds. The highest BCUT2D eigenvalue weighted by atomic mass is 32.2. The van der Waals surface area contributed by atoms with E-state index >= 15 is 0 Å². The van der Waals surface area contributed by atoms with Gasteiger partial charge in [0.15, 0.2) is 0 Å². The second-order valence-corrected chi connectivity index (χ2v) is 8.11. The molecule has 10 heteroatoms. The molecule has 1 aliphatic rings. The minimum absolute atomic E-state index is 0.134. The van der Waals surface area contributed by atoms with Gasteiger partial charge in [0.05, 0.1) is 22.7 Å². The highest BCUT2D eigenvalue weighted by Gasteiger charge is 2.34. The normalized spacial score (nSPS) is 22.4. The van der Waals surface area contributed by atoms with Crippen molar-refractivity contribution in [3.63, 3.8) is 0 Å². The molecule has 148 valence electrons. The summed E-state index contributed by atoms with van der Waals surface area (Å²) in [7, 11) is -4.20. The van der Waals surface area contributed by atoms with E-state index in [1.54, 1.807) is 0 Å². The number of hydrogen-bond donors (Lipinski definition) is 2. The summed E-state index contributed by atoms with van der Waals surface area (Å²) in [5.74, 6) is 0. The fourth-order valence-corrected chi connectivity index (χ4v) is 3.62. The molecule has 2 atom stereocenters. The lowest BCUT2D eigenvalue weighted by Gasteiger charge is -2.35. The minimum Gasteiger partial charge on any atom is -0.385 e. The lowest BCUT2D eigenvalue weighted by Crippen LogP contribution is -2.45. The van der Waals surface area contributed by atoms with E-state index in [9.17, 15) is 21.6 Å². The average Bonchev–Trinajstić information content (AvgIpc) is 2.48. The zero-order valence-corrected chi connectivity index (χ0v) is 15.5. The third-order valence-electron chi connectivity index (χ3n) is 4.09. The van der Waals surface area contributed by atoms with Gasteiger partial charge in [-0.1, -0.05) is 0 Å². The van der Waals surface area contributed by atoms with E-state index in [4.69, 9.17) is 9.88 Å². The Morgan fingerprint density at radius 2 is 1.88 bits per heavy atom.